The van der Waals surface area contributed by atoms with Crippen LogP contribution in [0.5, 0.6) is 0 Å². The summed E-state index contributed by atoms with van der Waals surface area (Å²) >= 11 is 0.850. The van der Waals surface area contributed by atoms with E-state index in [9.17, 15) is 14.4 Å². The van der Waals surface area contributed by atoms with Crippen LogP contribution in [0.15, 0.2) is 0 Å². The van der Waals surface area contributed by atoms with E-state index in [4.69, 9.17) is 10.8 Å². The fraction of sp³-hybridized carbons (Fsp3) is 0.455. The molecule has 1 unspecified atom stereocenters. The van der Waals surface area contributed by atoms with Crippen molar-refractivity contribution in [2.75, 3.05) is 18.6 Å². The summed E-state index contributed by atoms with van der Waals surface area (Å²) in [7, 11) is 1.33. The van der Waals surface area contributed by atoms with Gasteiger partial charge in [0.15, 0.2) is 6.04 Å². The molecule has 0 aliphatic rings. The van der Waals surface area contributed by atoms with Gasteiger partial charge in [-0.15, -0.1) is 0 Å². The summed E-state index contributed by atoms with van der Waals surface area (Å²) in [5.74, 6) is -2.81. The maximum atomic E-state index is 12.0. The number of carbonyl (C=O) groups is 3. The number of amides is 1. The van der Waals surface area contributed by atoms with Gasteiger partial charge in [-0.2, -0.15) is 4.37 Å². The molecule has 1 aromatic heterocycles. The number of aryl methyl sites for hydroxylation is 1. The van der Waals surface area contributed by atoms with Gasteiger partial charge >= 0.3 is 11.9 Å². The predicted octanol–water partition coefficient (Wildman–Crippen LogP) is 0.00292. The van der Waals surface area contributed by atoms with E-state index in [1.165, 1.54) is 14.0 Å². The quantitative estimate of drug-likeness (QED) is 0.579. The normalized spacial score (nSPS) is 11.8. The SMILES string of the molecule is CCOC(=O)C(N)C(=O)N(C)c1snc(C)c1C(=O)O. The van der Waals surface area contributed by atoms with Crippen molar-refractivity contribution in [1.29, 1.82) is 0 Å². The maximum Gasteiger partial charge on any atom is 0.340 e. The number of anilines is 1. The highest BCUT2D eigenvalue weighted by molar-refractivity contribution is 7.11. The molecule has 1 aromatic rings. The van der Waals surface area contributed by atoms with E-state index in [0.717, 1.165) is 16.4 Å². The van der Waals surface area contributed by atoms with Crippen molar-refractivity contribution in [2.45, 2.75) is 19.9 Å². The molecule has 9 heteroatoms. The third-order valence-electron chi connectivity index (χ3n) is 2.50. The smallest absolute Gasteiger partial charge is 0.340 e. The maximum absolute atomic E-state index is 12.0. The highest BCUT2D eigenvalue weighted by atomic mass is 32.1. The van der Waals surface area contributed by atoms with Gasteiger partial charge in [-0.1, -0.05) is 0 Å². The number of aromatic nitrogens is 1. The molecule has 0 fully saturated rings. The third kappa shape index (κ3) is 3.11. The van der Waals surface area contributed by atoms with Crippen LogP contribution in [0.1, 0.15) is 23.0 Å². The lowest BCUT2D eigenvalue weighted by atomic mass is 10.2. The van der Waals surface area contributed by atoms with E-state index in [0.29, 0.717) is 5.69 Å². The highest BCUT2D eigenvalue weighted by Gasteiger charge is 2.31. The van der Waals surface area contributed by atoms with Crippen LogP contribution in [-0.2, 0) is 14.3 Å². The second kappa shape index (κ2) is 6.44. The number of likely N-dealkylation sites (N-methyl/N-ethyl adjacent to an activating group) is 1. The van der Waals surface area contributed by atoms with Crippen molar-refractivity contribution in [2.24, 2.45) is 5.73 Å². The monoisotopic (exact) mass is 301 g/mol. The molecular formula is C11H15N3O5S. The number of carboxylic acids is 1. The van der Waals surface area contributed by atoms with E-state index in [-0.39, 0.29) is 17.2 Å². The average molecular weight is 301 g/mol. The largest absolute Gasteiger partial charge is 0.478 e. The number of esters is 1. The molecule has 0 aliphatic heterocycles. The van der Waals surface area contributed by atoms with E-state index in [2.05, 4.69) is 9.11 Å². The molecule has 8 nitrogen and oxygen atoms in total. The molecule has 1 rings (SSSR count). The molecule has 1 atom stereocenters. The Morgan fingerprint density at radius 2 is 2.10 bits per heavy atom. The summed E-state index contributed by atoms with van der Waals surface area (Å²) in [5.41, 5.74) is 5.70. The lowest BCUT2D eigenvalue weighted by Crippen LogP contribution is -2.47. The summed E-state index contributed by atoms with van der Waals surface area (Å²) in [6.07, 6.45) is 0. The van der Waals surface area contributed by atoms with Crippen molar-refractivity contribution >= 4 is 34.4 Å². The summed E-state index contributed by atoms with van der Waals surface area (Å²) < 4.78 is 8.55. The van der Waals surface area contributed by atoms with Crippen molar-refractivity contribution in [1.82, 2.24) is 4.37 Å². The Balaban J connectivity index is 3.01. The molecule has 0 saturated heterocycles. The van der Waals surface area contributed by atoms with Gasteiger partial charge in [0.1, 0.15) is 10.6 Å². The lowest BCUT2D eigenvalue weighted by Gasteiger charge is -2.19. The lowest BCUT2D eigenvalue weighted by molar-refractivity contribution is -0.147. The highest BCUT2D eigenvalue weighted by Crippen LogP contribution is 2.28. The van der Waals surface area contributed by atoms with Crippen LogP contribution in [0.4, 0.5) is 5.00 Å². The van der Waals surface area contributed by atoms with Crippen LogP contribution in [0.2, 0.25) is 0 Å². The molecule has 3 N–H and O–H groups in total. The first-order chi connectivity index (χ1) is 9.31. The van der Waals surface area contributed by atoms with Crippen molar-refractivity contribution in [3.05, 3.63) is 11.3 Å². The molecule has 20 heavy (non-hydrogen) atoms. The van der Waals surface area contributed by atoms with Crippen LogP contribution in [-0.4, -0.2) is 47.0 Å². The fourth-order valence-electron chi connectivity index (χ4n) is 1.47. The van der Waals surface area contributed by atoms with Crippen LogP contribution >= 0.6 is 11.5 Å². The summed E-state index contributed by atoms with van der Waals surface area (Å²) in [5, 5.41) is 9.23. The zero-order valence-electron chi connectivity index (χ0n) is 11.2. The van der Waals surface area contributed by atoms with Crippen LogP contribution in [0.3, 0.4) is 0 Å². The molecule has 0 radical (unpaired) electrons. The first-order valence-electron chi connectivity index (χ1n) is 5.70. The Kier molecular flexibility index (Phi) is 5.17. The van der Waals surface area contributed by atoms with Gasteiger partial charge in [0.25, 0.3) is 5.91 Å². The Morgan fingerprint density at radius 3 is 2.60 bits per heavy atom. The van der Waals surface area contributed by atoms with Gasteiger partial charge < -0.3 is 20.5 Å². The molecule has 0 aromatic carbocycles. The van der Waals surface area contributed by atoms with Gasteiger partial charge in [0.05, 0.1) is 12.3 Å². The number of ether oxygens (including phenoxy) is 1. The van der Waals surface area contributed by atoms with Crippen LogP contribution in [0.25, 0.3) is 0 Å². The first kappa shape index (κ1) is 16.1. The Labute approximate surface area is 119 Å². The molecule has 1 heterocycles. The van der Waals surface area contributed by atoms with Gasteiger partial charge in [-0.05, 0) is 25.4 Å². The minimum Gasteiger partial charge on any atom is -0.478 e. The number of aromatic carboxylic acids is 1. The zero-order chi connectivity index (χ0) is 15.4. The molecule has 0 aliphatic carbocycles. The average Bonchev–Trinajstić information content (AvgIpc) is 2.78. The van der Waals surface area contributed by atoms with E-state index >= 15 is 0 Å². The molecule has 0 saturated carbocycles. The topological polar surface area (TPSA) is 123 Å². The summed E-state index contributed by atoms with van der Waals surface area (Å²) in [6, 6.07) is -1.50. The van der Waals surface area contributed by atoms with Gasteiger partial charge in [0.2, 0.25) is 0 Å². The second-order valence-electron chi connectivity index (χ2n) is 3.88. The number of rotatable bonds is 5. The van der Waals surface area contributed by atoms with Crippen molar-refractivity contribution in [3.63, 3.8) is 0 Å². The molecule has 1 amide bonds. The minimum absolute atomic E-state index is 0.0816. The van der Waals surface area contributed by atoms with Crippen LogP contribution < -0.4 is 10.6 Å². The molecule has 0 spiro atoms. The van der Waals surface area contributed by atoms with Gasteiger partial charge in [0, 0.05) is 7.05 Å². The first-order valence-corrected chi connectivity index (χ1v) is 6.47. The molecule has 110 valence electrons. The zero-order valence-corrected chi connectivity index (χ0v) is 12.1. The van der Waals surface area contributed by atoms with Crippen molar-refractivity contribution < 1.29 is 24.2 Å². The Morgan fingerprint density at radius 1 is 1.50 bits per heavy atom. The minimum atomic E-state index is -1.50. The summed E-state index contributed by atoms with van der Waals surface area (Å²) in [4.78, 5) is 35.6. The van der Waals surface area contributed by atoms with Gasteiger partial charge in [-0.3, -0.25) is 4.79 Å². The fourth-order valence-corrected chi connectivity index (χ4v) is 2.33. The molecular weight excluding hydrogens is 286 g/mol. The van der Waals surface area contributed by atoms with E-state index in [1.54, 1.807) is 6.92 Å². The van der Waals surface area contributed by atoms with Gasteiger partial charge in [-0.25, -0.2) is 9.59 Å². The van der Waals surface area contributed by atoms with Crippen molar-refractivity contribution in [3.8, 4) is 0 Å². The number of nitrogens with zero attached hydrogens (tertiary/aromatic N) is 2. The number of carbonyl (C=O) groups excluding carboxylic acids is 2. The second-order valence-corrected chi connectivity index (χ2v) is 4.63. The number of hydrogen-bond acceptors (Lipinski definition) is 7. The summed E-state index contributed by atoms with van der Waals surface area (Å²) in [6.45, 7) is 3.21. The standard InChI is InChI=1S/C11H15N3O5S/c1-4-19-11(18)7(12)8(15)14(3)9-6(10(16)17)5(2)13-20-9/h7H,4,12H2,1-3H3,(H,16,17). The van der Waals surface area contributed by atoms with Crippen LogP contribution in [0, 0.1) is 6.92 Å². The molecule has 0 bridgehead atoms. The Hall–Kier alpha value is -2.00. The number of nitrogens with two attached hydrogens (primary N) is 1. The van der Waals surface area contributed by atoms with E-state index in [1.807, 2.05) is 0 Å². The third-order valence-corrected chi connectivity index (χ3v) is 3.52. The number of hydrogen-bond donors (Lipinski definition) is 2. The predicted molar refractivity (Wildman–Crippen MR) is 71.8 cm³/mol. The number of carboxylic acid groups (broad SMARTS) is 1. The van der Waals surface area contributed by atoms with E-state index < -0.39 is 23.9 Å². The Bertz CT molecular complexity index is 542.